The minimum atomic E-state index is -5.08. The number of benzene rings is 1. The van der Waals surface area contributed by atoms with E-state index in [-0.39, 0.29) is 11.8 Å². The van der Waals surface area contributed by atoms with Crippen LogP contribution in [0.2, 0.25) is 5.02 Å². The molecule has 1 heterocycles. The molecule has 0 unspecified atom stereocenters. The zero-order valence-electron chi connectivity index (χ0n) is 17.3. The number of nitrogens with zero attached hydrogens (tertiary/aromatic N) is 2. The minimum Gasteiger partial charge on any atom is -0.475 e. The zero-order chi connectivity index (χ0) is 23.4. The maximum Gasteiger partial charge on any atom is 0.490 e. The van der Waals surface area contributed by atoms with E-state index in [2.05, 4.69) is 12.2 Å². The van der Waals surface area contributed by atoms with Gasteiger partial charge in [0.15, 0.2) is 0 Å². The second-order valence-electron chi connectivity index (χ2n) is 6.84. The maximum atomic E-state index is 12.7. The smallest absolute Gasteiger partial charge is 0.475 e. The van der Waals surface area contributed by atoms with E-state index >= 15 is 0 Å². The van der Waals surface area contributed by atoms with Crippen molar-refractivity contribution >= 4 is 29.4 Å². The number of unbranched alkanes of at least 4 members (excludes halogenated alkanes) is 1. The highest BCUT2D eigenvalue weighted by Gasteiger charge is 2.38. The number of carbonyl (C=O) groups excluding carboxylic acids is 2. The van der Waals surface area contributed by atoms with Gasteiger partial charge in [0.25, 0.3) is 5.91 Å². The normalized spacial score (nSPS) is 13.8. The van der Waals surface area contributed by atoms with Crippen molar-refractivity contribution in [2.45, 2.75) is 32.4 Å². The van der Waals surface area contributed by atoms with Crippen molar-refractivity contribution in [3.05, 3.63) is 34.9 Å². The number of rotatable bonds is 7. The highest BCUT2D eigenvalue weighted by molar-refractivity contribution is 6.30. The van der Waals surface area contributed by atoms with Crippen molar-refractivity contribution in [3.63, 3.8) is 0 Å². The lowest BCUT2D eigenvalue weighted by molar-refractivity contribution is -0.192. The van der Waals surface area contributed by atoms with E-state index in [1.165, 1.54) is 0 Å². The molecule has 31 heavy (non-hydrogen) atoms. The van der Waals surface area contributed by atoms with Gasteiger partial charge in [0.1, 0.15) is 0 Å². The first-order valence-corrected chi connectivity index (χ1v) is 10.3. The molecule has 174 valence electrons. The summed E-state index contributed by atoms with van der Waals surface area (Å²) in [7, 11) is 0. The average molecular weight is 466 g/mol. The van der Waals surface area contributed by atoms with Gasteiger partial charge in [-0.1, -0.05) is 31.0 Å². The number of hydrogen-bond donors (Lipinski definition) is 2. The van der Waals surface area contributed by atoms with Gasteiger partial charge in [-0.05, 0) is 24.6 Å². The Morgan fingerprint density at radius 3 is 2.32 bits per heavy atom. The molecule has 2 rings (SSSR count). The number of piperazine rings is 1. The Kier molecular flexibility index (Phi) is 11.3. The largest absolute Gasteiger partial charge is 0.490 e. The summed E-state index contributed by atoms with van der Waals surface area (Å²) in [5, 5.41) is 10.9. The summed E-state index contributed by atoms with van der Waals surface area (Å²) in [4.78, 5) is 37.6. The van der Waals surface area contributed by atoms with Gasteiger partial charge in [0.05, 0.1) is 0 Å². The standard InChI is InChI=1S/C18H26ClN3O2.C2HF3O2/c1-2-3-10-22(18(24)15-5-4-6-16(19)14-15)11-7-17(23)21-12-8-20-9-13-21;3-2(4,5)1(6)7/h4-6,14,20H,2-3,7-13H2,1H3;(H,6,7). The molecule has 0 saturated carbocycles. The van der Waals surface area contributed by atoms with Crippen LogP contribution >= 0.6 is 11.6 Å². The second-order valence-corrected chi connectivity index (χ2v) is 7.28. The maximum absolute atomic E-state index is 12.7. The molecule has 7 nitrogen and oxygen atoms in total. The number of nitrogens with one attached hydrogen (secondary N) is 1. The van der Waals surface area contributed by atoms with Crippen LogP contribution in [0.4, 0.5) is 13.2 Å². The summed E-state index contributed by atoms with van der Waals surface area (Å²) in [5.41, 5.74) is 0.577. The molecular formula is C20H27ClF3N3O4. The van der Waals surface area contributed by atoms with E-state index in [1.807, 2.05) is 4.90 Å². The Balaban J connectivity index is 0.000000592. The number of aliphatic carboxylic acids is 1. The minimum absolute atomic E-state index is 0.0564. The van der Waals surface area contributed by atoms with Crippen LogP contribution in [0.1, 0.15) is 36.5 Å². The fraction of sp³-hybridized carbons (Fsp3) is 0.550. The van der Waals surface area contributed by atoms with Crippen LogP contribution in [0.25, 0.3) is 0 Å². The van der Waals surface area contributed by atoms with E-state index in [4.69, 9.17) is 21.5 Å². The van der Waals surface area contributed by atoms with Crippen molar-refractivity contribution in [2.75, 3.05) is 39.3 Å². The molecule has 11 heteroatoms. The molecular weight excluding hydrogens is 439 g/mol. The van der Waals surface area contributed by atoms with E-state index in [9.17, 15) is 22.8 Å². The third-order valence-corrected chi connectivity index (χ3v) is 4.68. The van der Waals surface area contributed by atoms with Gasteiger partial charge >= 0.3 is 12.1 Å². The summed E-state index contributed by atoms with van der Waals surface area (Å²) in [5.74, 6) is -2.69. The van der Waals surface area contributed by atoms with E-state index in [1.54, 1.807) is 29.2 Å². The summed E-state index contributed by atoms with van der Waals surface area (Å²) in [6.45, 7) is 6.38. The highest BCUT2D eigenvalue weighted by Crippen LogP contribution is 2.14. The summed E-state index contributed by atoms with van der Waals surface area (Å²) < 4.78 is 31.7. The monoisotopic (exact) mass is 465 g/mol. The van der Waals surface area contributed by atoms with Crippen LogP contribution in [0.5, 0.6) is 0 Å². The highest BCUT2D eigenvalue weighted by atomic mass is 35.5. The SMILES string of the molecule is CCCCN(CCC(=O)N1CCNCC1)C(=O)c1cccc(Cl)c1.O=C(O)C(F)(F)F. The Hall–Kier alpha value is -2.33. The molecule has 1 aromatic rings. The van der Waals surface area contributed by atoms with E-state index < -0.39 is 12.1 Å². The Morgan fingerprint density at radius 1 is 1.19 bits per heavy atom. The van der Waals surface area contributed by atoms with Crippen LogP contribution in [-0.2, 0) is 9.59 Å². The Labute approximate surface area is 184 Å². The van der Waals surface area contributed by atoms with Crippen molar-refractivity contribution in [1.82, 2.24) is 15.1 Å². The molecule has 0 radical (unpaired) electrons. The number of hydrogen-bond acceptors (Lipinski definition) is 4. The van der Waals surface area contributed by atoms with Crippen molar-refractivity contribution in [2.24, 2.45) is 0 Å². The zero-order valence-corrected chi connectivity index (χ0v) is 18.0. The molecule has 2 amide bonds. The molecule has 0 bridgehead atoms. The molecule has 1 fully saturated rings. The lowest BCUT2D eigenvalue weighted by atomic mass is 10.1. The Bertz CT molecular complexity index is 741. The lowest BCUT2D eigenvalue weighted by Gasteiger charge is -2.29. The van der Waals surface area contributed by atoms with Crippen molar-refractivity contribution in [3.8, 4) is 0 Å². The number of carbonyl (C=O) groups is 3. The van der Waals surface area contributed by atoms with Gasteiger partial charge in [-0.25, -0.2) is 4.79 Å². The third-order valence-electron chi connectivity index (χ3n) is 4.45. The van der Waals surface area contributed by atoms with Crippen LogP contribution in [-0.4, -0.2) is 78.1 Å². The first-order chi connectivity index (χ1) is 14.6. The molecule has 0 aliphatic carbocycles. The molecule has 1 aliphatic rings. The molecule has 1 aliphatic heterocycles. The van der Waals surface area contributed by atoms with Crippen LogP contribution < -0.4 is 5.32 Å². The number of alkyl halides is 3. The molecule has 0 atom stereocenters. The first-order valence-electron chi connectivity index (χ1n) is 9.89. The number of carboxylic acid groups (broad SMARTS) is 1. The number of amides is 2. The molecule has 1 aromatic carbocycles. The third kappa shape index (κ3) is 10.0. The fourth-order valence-electron chi connectivity index (χ4n) is 2.77. The van der Waals surface area contributed by atoms with Crippen LogP contribution in [0, 0.1) is 0 Å². The van der Waals surface area contributed by atoms with Crippen molar-refractivity contribution < 1.29 is 32.7 Å². The van der Waals surface area contributed by atoms with Gasteiger partial charge in [-0.15, -0.1) is 0 Å². The van der Waals surface area contributed by atoms with Gasteiger partial charge in [0, 0.05) is 56.3 Å². The van der Waals surface area contributed by atoms with Gasteiger partial charge in [-0.2, -0.15) is 13.2 Å². The van der Waals surface area contributed by atoms with Crippen molar-refractivity contribution in [1.29, 1.82) is 0 Å². The molecule has 1 saturated heterocycles. The molecule has 2 N–H and O–H groups in total. The van der Waals surface area contributed by atoms with Gasteiger partial charge < -0.3 is 20.2 Å². The number of halogens is 4. The molecule has 0 spiro atoms. The summed E-state index contributed by atoms with van der Waals surface area (Å²) in [6.07, 6.45) is -2.78. The number of carboxylic acids is 1. The average Bonchev–Trinajstić information content (AvgIpc) is 2.73. The van der Waals surface area contributed by atoms with Gasteiger partial charge in [0.2, 0.25) is 5.91 Å². The first kappa shape index (κ1) is 26.7. The van der Waals surface area contributed by atoms with Gasteiger partial charge in [-0.3, -0.25) is 9.59 Å². The predicted molar refractivity (Wildman–Crippen MR) is 110 cm³/mol. The Morgan fingerprint density at radius 2 is 1.81 bits per heavy atom. The summed E-state index contributed by atoms with van der Waals surface area (Å²) >= 11 is 5.99. The topological polar surface area (TPSA) is 90.0 Å². The predicted octanol–water partition coefficient (Wildman–Crippen LogP) is 3.04. The lowest BCUT2D eigenvalue weighted by Crippen LogP contribution is -2.47. The fourth-order valence-corrected chi connectivity index (χ4v) is 2.96. The van der Waals surface area contributed by atoms with E-state index in [0.29, 0.717) is 30.1 Å². The molecule has 0 aromatic heterocycles. The van der Waals surface area contributed by atoms with E-state index in [0.717, 1.165) is 39.0 Å². The van der Waals surface area contributed by atoms with Crippen LogP contribution in [0.15, 0.2) is 24.3 Å². The second kappa shape index (κ2) is 13.2. The van der Waals surface area contributed by atoms with Crippen LogP contribution in [0.3, 0.4) is 0 Å². The summed E-state index contributed by atoms with van der Waals surface area (Å²) in [6, 6.07) is 6.98. The quantitative estimate of drug-likeness (QED) is 0.646.